The zero-order chi connectivity index (χ0) is 24.0. The van der Waals surface area contributed by atoms with Gasteiger partial charge in [0.25, 0.3) is 0 Å². The highest BCUT2D eigenvalue weighted by Gasteiger charge is 2.22. The van der Waals surface area contributed by atoms with Crippen LogP contribution in [0.1, 0.15) is 28.9 Å². The summed E-state index contributed by atoms with van der Waals surface area (Å²) in [4.78, 5) is 39.8. The first-order valence-electron chi connectivity index (χ1n) is 9.88. The Balaban J connectivity index is 1.97. The van der Waals surface area contributed by atoms with E-state index < -0.39 is 7.82 Å². The number of methoxy groups -OCH3 is 2. The van der Waals surface area contributed by atoms with Gasteiger partial charge in [-0.1, -0.05) is 12.1 Å². The number of benzene rings is 2. The molecule has 2 aromatic carbocycles. The molecule has 3 aromatic rings. The molecule has 3 rings (SSSR count). The second kappa shape index (κ2) is 10.6. The minimum Gasteiger partial charge on any atom is -0.496 e. The monoisotopic (exact) mass is 477 g/mol. The van der Waals surface area contributed by atoms with Crippen molar-refractivity contribution >= 4 is 24.6 Å². The van der Waals surface area contributed by atoms with Gasteiger partial charge in [-0.3, -0.25) is 14.6 Å². The lowest BCUT2D eigenvalue weighted by Gasteiger charge is -2.17. The Kier molecular flexibility index (Phi) is 7.83. The summed E-state index contributed by atoms with van der Waals surface area (Å²) in [6.07, 6.45) is 0.691. The van der Waals surface area contributed by atoms with Crippen LogP contribution in [-0.4, -0.2) is 46.3 Å². The van der Waals surface area contributed by atoms with Gasteiger partial charge in [0.2, 0.25) is 5.88 Å². The van der Waals surface area contributed by atoms with Crippen molar-refractivity contribution in [2.75, 3.05) is 20.8 Å². The van der Waals surface area contributed by atoms with Crippen molar-refractivity contribution in [3.63, 3.8) is 0 Å². The Hall–Kier alpha value is -3.24. The molecule has 0 amide bonds. The molecule has 0 unspecified atom stereocenters. The number of nitrogens with two attached hydrogens (primary N) is 1. The van der Waals surface area contributed by atoms with E-state index in [1.165, 1.54) is 26.4 Å². The minimum absolute atomic E-state index is 0.0374. The molecule has 0 aliphatic rings. The van der Waals surface area contributed by atoms with Crippen LogP contribution in [0, 0.1) is 0 Å². The van der Waals surface area contributed by atoms with Gasteiger partial charge in [-0.25, -0.2) is 14.5 Å². The number of phosphoric acid groups is 1. The Morgan fingerprint density at radius 2 is 1.67 bits per heavy atom. The van der Waals surface area contributed by atoms with E-state index in [1.807, 2.05) is 0 Å². The lowest BCUT2D eigenvalue weighted by molar-refractivity contribution is 0.0970. The van der Waals surface area contributed by atoms with Crippen molar-refractivity contribution in [2.45, 2.75) is 19.4 Å². The van der Waals surface area contributed by atoms with Crippen molar-refractivity contribution in [3.05, 3.63) is 47.7 Å². The van der Waals surface area contributed by atoms with Gasteiger partial charge >= 0.3 is 7.82 Å². The van der Waals surface area contributed by atoms with Crippen molar-refractivity contribution < 1.29 is 37.9 Å². The number of para-hydroxylation sites is 2. The van der Waals surface area contributed by atoms with Crippen molar-refractivity contribution in [1.29, 1.82) is 0 Å². The van der Waals surface area contributed by atoms with E-state index in [2.05, 4.69) is 14.5 Å². The highest BCUT2D eigenvalue weighted by molar-refractivity contribution is 7.46. The molecule has 0 fully saturated rings. The van der Waals surface area contributed by atoms with E-state index in [0.29, 0.717) is 29.6 Å². The van der Waals surface area contributed by atoms with Gasteiger partial charge < -0.3 is 24.5 Å². The SMILES string of the molecule is COc1cc(OP(=O)(O)O)cc(OC)c1COc1nc2ccccc2nc1C(=O)CCCN. The highest BCUT2D eigenvalue weighted by atomic mass is 31.2. The molecule has 0 saturated carbocycles. The normalized spacial score (nSPS) is 11.3. The van der Waals surface area contributed by atoms with Gasteiger partial charge in [0.15, 0.2) is 11.5 Å². The van der Waals surface area contributed by atoms with Crippen LogP contribution in [0.2, 0.25) is 0 Å². The van der Waals surface area contributed by atoms with Crippen LogP contribution in [0.3, 0.4) is 0 Å². The van der Waals surface area contributed by atoms with Gasteiger partial charge in [-0.15, -0.1) is 0 Å². The van der Waals surface area contributed by atoms with Crippen molar-refractivity contribution in [1.82, 2.24) is 9.97 Å². The van der Waals surface area contributed by atoms with E-state index in [4.69, 9.17) is 29.7 Å². The summed E-state index contributed by atoms with van der Waals surface area (Å²) in [7, 11) is -2.04. The average molecular weight is 477 g/mol. The number of Topliss-reactive ketones (excluding diaryl/α,β-unsaturated/α-hetero) is 1. The number of ketones is 1. The lowest BCUT2D eigenvalue weighted by atomic mass is 10.1. The third kappa shape index (κ3) is 6.17. The number of phosphoric ester groups is 1. The van der Waals surface area contributed by atoms with Crippen LogP contribution in [0.25, 0.3) is 11.0 Å². The molecule has 1 heterocycles. The Morgan fingerprint density at radius 3 is 2.21 bits per heavy atom. The van der Waals surface area contributed by atoms with E-state index in [-0.39, 0.29) is 47.6 Å². The van der Waals surface area contributed by atoms with E-state index in [0.717, 1.165) is 0 Å². The topological polar surface area (TPSA) is 163 Å². The van der Waals surface area contributed by atoms with Gasteiger partial charge in [-0.05, 0) is 25.1 Å². The first-order valence-corrected chi connectivity index (χ1v) is 11.4. The smallest absolute Gasteiger partial charge is 0.496 e. The van der Waals surface area contributed by atoms with Gasteiger partial charge in [-0.2, -0.15) is 0 Å². The van der Waals surface area contributed by atoms with Crippen molar-refractivity contribution in [3.8, 4) is 23.1 Å². The zero-order valence-corrected chi connectivity index (χ0v) is 18.9. The van der Waals surface area contributed by atoms with Crippen LogP contribution in [0.4, 0.5) is 0 Å². The maximum Gasteiger partial charge on any atom is 0.524 e. The van der Waals surface area contributed by atoms with Crippen molar-refractivity contribution in [2.24, 2.45) is 5.73 Å². The van der Waals surface area contributed by atoms with Crippen LogP contribution in [0.15, 0.2) is 36.4 Å². The fraction of sp³-hybridized carbons (Fsp3) is 0.286. The quantitative estimate of drug-likeness (QED) is 0.275. The maximum atomic E-state index is 12.7. The first-order chi connectivity index (χ1) is 15.8. The second-order valence-corrected chi connectivity index (χ2v) is 8.02. The number of carbonyl (C=O) groups excluding carboxylic acids is 1. The number of aromatic nitrogens is 2. The number of hydrogen-bond acceptors (Lipinski definition) is 9. The fourth-order valence-electron chi connectivity index (χ4n) is 3.08. The Bertz CT molecular complexity index is 1170. The van der Waals surface area contributed by atoms with Crippen LogP contribution in [-0.2, 0) is 11.2 Å². The van der Waals surface area contributed by atoms with Gasteiger partial charge in [0.1, 0.15) is 23.9 Å². The molecule has 4 N–H and O–H groups in total. The van der Waals surface area contributed by atoms with Crippen LogP contribution in [0.5, 0.6) is 23.1 Å². The Morgan fingerprint density at radius 1 is 1.06 bits per heavy atom. The molecule has 0 bridgehead atoms. The summed E-state index contributed by atoms with van der Waals surface area (Å²) in [5.74, 6) is 0.0300. The molecule has 11 nitrogen and oxygen atoms in total. The molecule has 0 saturated heterocycles. The standard InChI is InChI=1S/C21H24N3O8P/c1-29-18-10-13(32-33(26,27)28)11-19(30-2)14(18)12-31-21-20(17(25)8-5-9-22)23-15-6-3-4-7-16(15)24-21/h3-4,6-7,10-11H,5,8-9,12,22H2,1-2H3,(H2,26,27,28). The largest absolute Gasteiger partial charge is 0.524 e. The second-order valence-electron chi connectivity index (χ2n) is 6.86. The first kappa shape index (κ1) is 24.4. The number of ether oxygens (including phenoxy) is 3. The summed E-state index contributed by atoms with van der Waals surface area (Å²) in [6.45, 7) is 0.229. The molecule has 176 valence electrons. The van der Waals surface area contributed by atoms with Crippen LogP contribution >= 0.6 is 7.82 Å². The highest BCUT2D eigenvalue weighted by Crippen LogP contribution is 2.42. The molecule has 0 spiro atoms. The number of carbonyl (C=O) groups is 1. The summed E-state index contributed by atoms with van der Waals surface area (Å²) < 4.78 is 32.3. The Labute approximate surface area is 189 Å². The van der Waals surface area contributed by atoms with Gasteiger partial charge in [0, 0.05) is 18.6 Å². The molecular formula is C21H24N3O8P. The van der Waals surface area contributed by atoms with E-state index in [9.17, 15) is 9.36 Å². The van der Waals surface area contributed by atoms with Crippen LogP contribution < -0.4 is 24.5 Å². The zero-order valence-electron chi connectivity index (χ0n) is 18.1. The molecule has 0 atom stereocenters. The number of hydrogen-bond donors (Lipinski definition) is 3. The number of rotatable bonds is 11. The molecular weight excluding hydrogens is 453 g/mol. The van der Waals surface area contributed by atoms with E-state index in [1.54, 1.807) is 24.3 Å². The summed E-state index contributed by atoms with van der Waals surface area (Å²) in [5, 5.41) is 0. The fourth-order valence-corrected chi connectivity index (χ4v) is 3.46. The summed E-state index contributed by atoms with van der Waals surface area (Å²) in [5.41, 5.74) is 7.12. The van der Waals surface area contributed by atoms with E-state index >= 15 is 0 Å². The van der Waals surface area contributed by atoms with Gasteiger partial charge in [0.05, 0.1) is 30.8 Å². The minimum atomic E-state index is -4.78. The average Bonchev–Trinajstić information content (AvgIpc) is 2.79. The third-order valence-corrected chi connectivity index (χ3v) is 5.02. The molecule has 12 heteroatoms. The molecule has 0 aliphatic carbocycles. The molecule has 1 aromatic heterocycles. The predicted molar refractivity (Wildman–Crippen MR) is 119 cm³/mol. The molecule has 0 aliphatic heterocycles. The summed E-state index contributed by atoms with van der Waals surface area (Å²) >= 11 is 0. The molecule has 33 heavy (non-hydrogen) atoms. The third-order valence-electron chi connectivity index (χ3n) is 4.57. The molecule has 0 radical (unpaired) electrons. The number of fused-ring (bicyclic) bond motifs is 1. The maximum absolute atomic E-state index is 12.7. The predicted octanol–water partition coefficient (Wildman–Crippen LogP) is 2.62. The summed E-state index contributed by atoms with van der Waals surface area (Å²) in [6, 6.07) is 9.67. The lowest BCUT2D eigenvalue weighted by Crippen LogP contribution is -2.11. The number of nitrogens with zero attached hydrogens (tertiary/aromatic N) is 2.